The number of pyridine rings is 1. The van der Waals surface area contributed by atoms with Crippen LogP contribution in [0.25, 0.3) is 0 Å². The molecule has 0 saturated heterocycles. The zero-order chi connectivity index (χ0) is 14.5. The van der Waals surface area contributed by atoms with E-state index < -0.39 is 5.97 Å². The Morgan fingerprint density at radius 3 is 2.80 bits per heavy atom. The zero-order valence-electron chi connectivity index (χ0n) is 12.3. The summed E-state index contributed by atoms with van der Waals surface area (Å²) in [4.78, 5) is 15.6. The van der Waals surface area contributed by atoms with Crippen molar-refractivity contribution in [3.8, 4) is 0 Å². The van der Waals surface area contributed by atoms with E-state index in [9.17, 15) is 9.90 Å². The molecule has 0 radical (unpaired) electrons. The molecule has 2 aliphatic carbocycles. The number of carbonyl (C=O) groups is 1. The number of aromatic carboxylic acids is 1. The molecule has 1 aromatic rings. The summed E-state index contributed by atoms with van der Waals surface area (Å²) >= 11 is 0. The van der Waals surface area contributed by atoms with Gasteiger partial charge in [0.2, 0.25) is 0 Å². The van der Waals surface area contributed by atoms with Crippen LogP contribution in [0.2, 0.25) is 0 Å². The summed E-state index contributed by atoms with van der Waals surface area (Å²) in [5, 5.41) is 12.7. The van der Waals surface area contributed by atoms with Crippen molar-refractivity contribution in [2.45, 2.75) is 46.1 Å². The van der Waals surface area contributed by atoms with Crippen molar-refractivity contribution in [3.63, 3.8) is 0 Å². The first kappa shape index (κ1) is 13.4. The largest absolute Gasteiger partial charge is 0.478 e. The van der Waals surface area contributed by atoms with Crippen molar-refractivity contribution in [1.82, 2.24) is 4.98 Å². The monoisotopic (exact) mass is 274 g/mol. The molecular formula is C16H22N2O2. The van der Waals surface area contributed by atoms with Gasteiger partial charge in [-0.05, 0) is 48.1 Å². The van der Waals surface area contributed by atoms with Gasteiger partial charge in [-0.3, -0.25) is 0 Å². The first-order chi connectivity index (χ1) is 9.34. The maximum Gasteiger partial charge on any atom is 0.339 e. The van der Waals surface area contributed by atoms with Gasteiger partial charge < -0.3 is 10.4 Å². The van der Waals surface area contributed by atoms with E-state index in [4.69, 9.17) is 0 Å². The molecule has 2 bridgehead atoms. The smallest absolute Gasteiger partial charge is 0.339 e. The van der Waals surface area contributed by atoms with Gasteiger partial charge in [0.25, 0.3) is 0 Å². The van der Waals surface area contributed by atoms with Crippen LogP contribution < -0.4 is 5.32 Å². The van der Waals surface area contributed by atoms with Crippen LogP contribution in [-0.4, -0.2) is 22.1 Å². The Balaban J connectivity index is 1.94. The number of anilines is 1. The molecule has 2 fully saturated rings. The van der Waals surface area contributed by atoms with Crippen molar-refractivity contribution in [3.05, 3.63) is 23.9 Å². The Labute approximate surface area is 119 Å². The van der Waals surface area contributed by atoms with Crippen LogP contribution in [0.15, 0.2) is 18.3 Å². The summed E-state index contributed by atoms with van der Waals surface area (Å²) in [6.45, 7) is 6.91. The predicted octanol–water partition coefficient (Wildman–Crippen LogP) is 3.41. The van der Waals surface area contributed by atoms with Crippen LogP contribution in [0.5, 0.6) is 0 Å². The average Bonchev–Trinajstić information content (AvgIpc) is 2.86. The molecule has 2 aliphatic rings. The molecule has 0 amide bonds. The number of carboxylic acid groups (broad SMARTS) is 1. The lowest BCUT2D eigenvalue weighted by Crippen LogP contribution is -2.46. The fourth-order valence-corrected chi connectivity index (χ4v) is 4.49. The summed E-state index contributed by atoms with van der Waals surface area (Å²) in [6.07, 6.45) is 5.38. The number of hydrogen-bond acceptors (Lipinski definition) is 3. The van der Waals surface area contributed by atoms with E-state index in [1.165, 1.54) is 19.3 Å². The van der Waals surface area contributed by atoms with Crippen molar-refractivity contribution >= 4 is 11.8 Å². The van der Waals surface area contributed by atoms with E-state index in [-0.39, 0.29) is 22.4 Å². The highest BCUT2D eigenvalue weighted by atomic mass is 16.4. The molecule has 2 saturated carbocycles. The summed E-state index contributed by atoms with van der Waals surface area (Å²) in [5.41, 5.74) is 0.691. The van der Waals surface area contributed by atoms with Crippen LogP contribution in [-0.2, 0) is 0 Å². The maximum atomic E-state index is 11.3. The molecule has 2 N–H and O–H groups in total. The minimum atomic E-state index is -0.924. The van der Waals surface area contributed by atoms with E-state index in [0.29, 0.717) is 5.82 Å². The van der Waals surface area contributed by atoms with Gasteiger partial charge in [-0.15, -0.1) is 0 Å². The third kappa shape index (κ3) is 1.81. The van der Waals surface area contributed by atoms with Crippen molar-refractivity contribution in [2.24, 2.45) is 16.7 Å². The third-order valence-corrected chi connectivity index (χ3v) is 5.59. The van der Waals surface area contributed by atoms with Crippen molar-refractivity contribution in [2.75, 3.05) is 5.32 Å². The lowest BCUT2D eigenvalue weighted by molar-refractivity contribution is 0.0697. The first-order valence-electron chi connectivity index (χ1n) is 7.29. The topological polar surface area (TPSA) is 62.2 Å². The second-order valence-corrected chi connectivity index (χ2v) is 7.20. The van der Waals surface area contributed by atoms with Gasteiger partial charge in [0.05, 0.1) is 0 Å². The van der Waals surface area contributed by atoms with Crippen LogP contribution in [0.1, 0.15) is 50.4 Å². The van der Waals surface area contributed by atoms with Gasteiger partial charge in [0.15, 0.2) is 0 Å². The van der Waals surface area contributed by atoms with Crippen LogP contribution in [0.3, 0.4) is 0 Å². The molecule has 0 aliphatic heterocycles. The highest BCUT2D eigenvalue weighted by Gasteiger charge is 2.59. The zero-order valence-corrected chi connectivity index (χ0v) is 12.3. The molecule has 0 aromatic carbocycles. The van der Waals surface area contributed by atoms with Crippen LogP contribution in [0, 0.1) is 16.7 Å². The van der Waals surface area contributed by atoms with Gasteiger partial charge in [0, 0.05) is 12.2 Å². The summed E-state index contributed by atoms with van der Waals surface area (Å²) in [7, 11) is 0. The standard InChI is InChI=1S/C16H22N2O2/c1-15(2)10-6-7-16(3,9-10)14(15)18-12-11(13(19)20)5-4-8-17-12/h4-5,8,10,14H,6-7,9H2,1-3H3,(H,17,18)(H,19,20). The molecule has 3 atom stereocenters. The van der Waals surface area contributed by atoms with E-state index >= 15 is 0 Å². The van der Waals surface area contributed by atoms with E-state index in [0.717, 1.165) is 5.92 Å². The summed E-state index contributed by atoms with van der Waals surface area (Å²) in [5.74, 6) is 0.306. The fourth-order valence-electron chi connectivity index (χ4n) is 4.49. The number of rotatable bonds is 3. The van der Waals surface area contributed by atoms with E-state index in [1.807, 2.05) is 0 Å². The molecule has 4 heteroatoms. The number of nitrogens with zero attached hydrogens (tertiary/aromatic N) is 1. The Morgan fingerprint density at radius 2 is 2.20 bits per heavy atom. The Kier molecular flexibility index (Phi) is 2.82. The minimum absolute atomic E-state index is 0.181. The number of hydrogen-bond donors (Lipinski definition) is 2. The molecule has 1 aromatic heterocycles. The van der Waals surface area contributed by atoms with Crippen LogP contribution >= 0.6 is 0 Å². The summed E-state index contributed by atoms with van der Waals surface area (Å²) < 4.78 is 0. The first-order valence-corrected chi connectivity index (χ1v) is 7.29. The molecule has 3 unspecified atom stereocenters. The fraction of sp³-hybridized carbons (Fsp3) is 0.625. The molecule has 1 heterocycles. The van der Waals surface area contributed by atoms with Gasteiger partial charge in [-0.2, -0.15) is 0 Å². The second-order valence-electron chi connectivity index (χ2n) is 7.20. The predicted molar refractivity (Wildman–Crippen MR) is 77.8 cm³/mol. The SMILES string of the molecule is CC12CCC(C1)C(C)(C)C2Nc1ncccc1C(=O)O. The number of nitrogens with one attached hydrogen (secondary N) is 1. The maximum absolute atomic E-state index is 11.3. The highest BCUT2D eigenvalue weighted by Crippen LogP contribution is 2.63. The molecule has 108 valence electrons. The Bertz CT molecular complexity index is 550. The molecule has 20 heavy (non-hydrogen) atoms. The lowest BCUT2D eigenvalue weighted by Gasteiger charge is -2.43. The molecule has 0 spiro atoms. The van der Waals surface area contributed by atoms with Crippen molar-refractivity contribution in [1.29, 1.82) is 0 Å². The van der Waals surface area contributed by atoms with E-state index in [1.54, 1.807) is 18.3 Å². The minimum Gasteiger partial charge on any atom is -0.478 e. The second kappa shape index (κ2) is 4.21. The van der Waals surface area contributed by atoms with Gasteiger partial charge in [-0.1, -0.05) is 20.8 Å². The number of aromatic nitrogens is 1. The Hall–Kier alpha value is -1.58. The molecule has 4 nitrogen and oxygen atoms in total. The highest BCUT2D eigenvalue weighted by molar-refractivity contribution is 5.93. The van der Waals surface area contributed by atoms with Gasteiger partial charge >= 0.3 is 5.97 Å². The third-order valence-electron chi connectivity index (χ3n) is 5.59. The number of fused-ring (bicyclic) bond motifs is 2. The van der Waals surface area contributed by atoms with E-state index in [2.05, 4.69) is 31.1 Å². The average molecular weight is 274 g/mol. The quantitative estimate of drug-likeness (QED) is 0.886. The lowest BCUT2D eigenvalue weighted by atomic mass is 9.68. The number of carboxylic acids is 1. The molecular weight excluding hydrogens is 252 g/mol. The summed E-state index contributed by atoms with van der Waals surface area (Å²) in [6, 6.07) is 3.56. The normalized spacial score (nSPS) is 34.1. The van der Waals surface area contributed by atoms with Gasteiger partial charge in [0.1, 0.15) is 11.4 Å². The van der Waals surface area contributed by atoms with Crippen molar-refractivity contribution < 1.29 is 9.90 Å². The molecule has 3 rings (SSSR count). The van der Waals surface area contributed by atoms with Crippen LogP contribution in [0.4, 0.5) is 5.82 Å². The Morgan fingerprint density at radius 1 is 1.45 bits per heavy atom. The van der Waals surface area contributed by atoms with Gasteiger partial charge in [-0.25, -0.2) is 9.78 Å².